The lowest BCUT2D eigenvalue weighted by Gasteiger charge is -2.37. The number of nitrogens with one attached hydrogen (secondary N) is 1. The van der Waals surface area contributed by atoms with E-state index in [0.29, 0.717) is 0 Å². The highest BCUT2D eigenvalue weighted by Crippen LogP contribution is 2.18. The van der Waals surface area contributed by atoms with Crippen molar-refractivity contribution in [2.24, 2.45) is 0 Å². The quantitative estimate of drug-likeness (QED) is 0.908. The van der Waals surface area contributed by atoms with Crippen molar-refractivity contribution in [3.63, 3.8) is 0 Å². The molecule has 0 spiro atoms. The second-order valence-electron chi connectivity index (χ2n) is 6.88. The summed E-state index contributed by atoms with van der Waals surface area (Å²) in [6.45, 7) is 10.6. The minimum absolute atomic E-state index is 0.0631. The molecule has 25 heavy (non-hydrogen) atoms. The van der Waals surface area contributed by atoms with Gasteiger partial charge in [0.05, 0.1) is 18.8 Å². The van der Waals surface area contributed by atoms with E-state index in [1.807, 2.05) is 45.0 Å². The molecule has 1 amide bonds. The number of anilines is 1. The first-order chi connectivity index (χ1) is 12.0. The Labute approximate surface area is 149 Å². The molecule has 2 aromatic rings. The van der Waals surface area contributed by atoms with Gasteiger partial charge in [-0.2, -0.15) is 0 Å². The van der Waals surface area contributed by atoms with Gasteiger partial charge in [0.2, 0.25) is 5.91 Å². The van der Waals surface area contributed by atoms with Crippen LogP contribution in [0.3, 0.4) is 0 Å². The fraction of sp³-hybridized carbons (Fsp3) is 0.450. The average Bonchev–Trinajstić information content (AvgIpc) is 3.11. The van der Waals surface area contributed by atoms with Crippen LogP contribution in [0.5, 0.6) is 0 Å². The van der Waals surface area contributed by atoms with E-state index in [-0.39, 0.29) is 11.9 Å². The van der Waals surface area contributed by atoms with Crippen molar-refractivity contribution in [2.45, 2.75) is 33.4 Å². The number of amides is 1. The molecule has 3 rings (SSSR count). The monoisotopic (exact) mass is 341 g/mol. The third-order valence-corrected chi connectivity index (χ3v) is 4.94. The Kier molecular flexibility index (Phi) is 5.56. The molecule has 1 unspecified atom stereocenters. The van der Waals surface area contributed by atoms with E-state index in [1.165, 1.54) is 0 Å². The van der Waals surface area contributed by atoms with Gasteiger partial charge >= 0.3 is 0 Å². The summed E-state index contributed by atoms with van der Waals surface area (Å²) in [4.78, 5) is 17.2. The van der Waals surface area contributed by atoms with E-state index >= 15 is 0 Å². The zero-order chi connectivity index (χ0) is 17.8. The molecule has 1 aromatic heterocycles. The SMILES string of the molecule is Cc1ccc(C)c(NC(=O)C(C)N2CCN(Cc3ccco3)CC2)c1. The smallest absolute Gasteiger partial charge is 0.241 e. The largest absolute Gasteiger partial charge is 0.468 e. The molecule has 0 radical (unpaired) electrons. The fourth-order valence-corrected chi connectivity index (χ4v) is 3.21. The molecule has 1 aliphatic heterocycles. The number of hydrogen-bond acceptors (Lipinski definition) is 4. The van der Waals surface area contributed by atoms with Crippen LogP contribution < -0.4 is 5.32 Å². The first-order valence-corrected chi connectivity index (χ1v) is 8.90. The summed E-state index contributed by atoms with van der Waals surface area (Å²) < 4.78 is 5.42. The zero-order valence-corrected chi connectivity index (χ0v) is 15.3. The summed E-state index contributed by atoms with van der Waals surface area (Å²) >= 11 is 0. The Morgan fingerprint density at radius 2 is 1.96 bits per heavy atom. The van der Waals surface area contributed by atoms with Crippen LogP contribution in [0.2, 0.25) is 0 Å². The van der Waals surface area contributed by atoms with Crippen LogP contribution in [0.15, 0.2) is 41.0 Å². The maximum absolute atomic E-state index is 12.6. The number of hydrogen-bond donors (Lipinski definition) is 1. The predicted octanol–water partition coefficient (Wildman–Crippen LogP) is 3.04. The third-order valence-electron chi connectivity index (χ3n) is 4.94. The van der Waals surface area contributed by atoms with E-state index in [1.54, 1.807) is 6.26 Å². The summed E-state index contributed by atoms with van der Waals surface area (Å²) in [5.74, 6) is 1.06. The van der Waals surface area contributed by atoms with E-state index in [4.69, 9.17) is 4.42 Å². The summed E-state index contributed by atoms with van der Waals surface area (Å²) in [5, 5.41) is 3.09. The standard InChI is InChI=1S/C20H27N3O2/c1-15-6-7-16(2)19(13-15)21-20(24)17(3)23-10-8-22(9-11-23)14-18-5-4-12-25-18/h4-7,12-13,17H,8-11,14H2,1-3H3,(H,21,24). The van der Waals surface area contributed by atoms with Crippen molar-refractivity contribution in [3.05, 3.63) is 53.5 Å². The van der Waals surface area contributed by atoms with Crippen molar-refractivity contribution in [1.82, 2.24) is 9.80 Å². The fourth-order valence-electron chi connectivity index (χ4n) is 3.21. The number of aryl methyl sites for hydroxylation is 2. The second kappa shape index (κ2) is 7.85. The maximum Gasteiger partial charge on any atom is 0.241 e. The minimum Gasteiger partial charge on any atom is -0.468 e. The first kappa shape index (κ1) is 17.7. The zero-order valence-electron chi connectivity index (χ0n) is 15.3. The number of carbonyl (C=O) groups excluding carboxylic acids is 1. The molecule has 0 aliphatic carbocycles. The third kappa shape index (κ3) is 4.50. The summed E-state index contributed by atoms with van der Waals surface area (Å²) in [7, 11) is 0. The van der Waals surface area contributed by atoms with Crippen molar-refractivity contribution in [3.8, 4) is 0 Å². The number of benzene rings is 1. The Bertz CT molecular complexity index is 704. The van der Waals surface area contributed by atoms with Gasteiger partial charge < -0.3 is 9.73 Å². The predicted molar refractivity (Wildman–Crippen MR) is 99.6 cm³/mol. The highest BCUT2D eigenvalue weighted by molar-refractivity contribution is 5.95. The Balaban J connectivity index is 1.52. The lowest BCUT2D eigenvalue weighted by atomic mass is 10.1. The molecule has 1 N–H and O–H groups in total. The van der Waals surface area contributed by atoms with E-state index in [2.05, 4.69) is 21.2 Å². The maximum atomic E-state index is 12.6. The van der Waals surface area contributed by atoms with Crippen molar-refractivity contribution < 1.29 is 9.21 Å². The Hall–Kier alpha value is -2.11. The van der Waals surface area contributed by atoms with Crippen LogP contribution in [-0.2, 0) is 11.3 Å². The molecule has 1 fully saturated rings. The molecular formula is C20H27N3O2. The van der Waals surface area contributed by atoms with Crippen molar-refractivity contribution in [1.29, 1.82) is 0 Å². The molecule has 0 saturated carbocycles. The van der Waals surface area contributed by atoms with Crippen LogP contribution in [0.4, 0.5) is 5.69 Å². The van der Waals surface area contributed by atoms with E-state index < -0.39 is 0 Å². The van der Waals surface area contributed by atoms with Crippen LogP contribution in [-0.4, -0.2) is 47.9 Å². The molecule has 134 valence electrons. The van der Waals surface area contributed by atoms with Gasteiger partial charge in [0, 0.05) is 31.9 Å². The van der Waals surface area contributed by atoms with Gasteiger partial charge in [-0.05, 0) is 50.1 Å². The highest BCUT2D eigenvalue weighted by atomic mass is 16.3. The molecule has 5 nitrogen and oxygen atoms in total. The molecule has 1 aliphatic rings. The van der Waals surface area contributed by atoms with E-state index in [9.17, 15) is 4.79 Å². The number of piperazine rings is 1. The first-order valence-electron chi connectivity index (χ1n) is 8.90. The molecule has 1 saturated heterocycles. The molecular weight excluding hydrogens is 314 g/mol. The topological polar surface area (TPSA) is 48.7 Å². The van der Waals surface area contributed by atoms with Gasteiger partial charge in [0.25, 0.3) is 0 Å². The molecule has 1 aromatic carbocycles. The lowest BCUT2D eigenvalue weighted by Crippen LogP contribution is -2.52. The van der Waals surface area contributed by atoms with Gasteiger partial charge in [-0.15, -0.1) is 0 Å². The average molecular weight is 341 g/mol. The Morgan fingerprint density at radius 1 is 1.20 bits per heavy atom. The molecule has 5 heteroatoms. The van der Waals surface area contributed by atoms with Gasteiger partial charge in [-0.1, -0.05) is 12.1 Å². The molecule has 1 atom stereocenters. The number of carbonyl (C=O) groups is 1. The van der Waals surface area contributed by atoms with Crippen molar-refractivity contribution in [2.75, 3.05) is 31.5 Å². The van der Waals surface area contributed by atoms with Gasteiger partial charge in [-0.25, -0.2) is 0 Å². The summed E-state index contributed by atoms with van der Waals surface area (Å²) in [6.07, 6.45) is 1.71. The number of nitrogens with zero attached hydrogens (tertiary/aromatic N) is 2. The lowest BCUT2D eigenvalue weighted by molar-refractivity contribution is -0.121. The van der Waals surface area contributed by atoms with Gasteiger partial charge in [-0.3, -0.25) is 14.6 Å². The molecule has 0 bridgehead atoms. The second-order valence-corrected chi connectivity index (χ2v) is 6.88. The summed E-state index contributed by atoms with van der Waals surface area (Å²) in [6, 6.07) is 9.93. The normalized spacial score (nSPS) is 17.4. The van der Waals surface area contributed by atoms with Crippen LogP contribution >= 0.6 is 0 Å². The molecule has 2 heterocycles. The van der Waals surface area contributed by atoms with Crippen LogP contribution in [0, 0.1) is 13.8 Å². The van der Waals surface area contributed by atoms with Crippen molar-refractivity contribution >= 4 is 11.6 Å². The van der Waals surface area contributed by atoms with Gasteiger partial charge in [0.1, 0.15) is 5.76 Å². The van der Waals surface area contributed by atoms with Gasteiger partial charge in [0.15, 0.2) is 0 Å². The number of rotatable bonds is 5. The van der Waals surface area contributed by atoms with Crippen LogP contribution in [0.1, 0.15) is 23.8 Å². The van der Waals surface area contributed by atoms with E-state index in [0.717, 1.165) is 55.3 Å². The van der Waals surface area contributed by atoms with Crippen LogP contribution in [0.25, 0.3) is 0 Å². The Morgan fingerprint density at radius 3 is 2.64 bits per heavy atom. The highest BCUT2D eigenvalue weighted by Gasteiger charge is 2.26. The minimum atomic E-state index is -0.134. The number of furan rings is 1. The summed E-state index contributed by atoms with van der Waals surface area (Å²) in [5.41, 5.74) is 3.16.